The fourth-order valence-electron chi connectivity index (χ4n) is 3.06. The number of anilines is 1. The SMILES string of the molecule is CCOc1ccc(/C=C/C(=O)Nc2nnc(CN3CCCCC3)s2)cc1OC. The number of carbonyl (C=O) groups is 1. The van der Waals surface area contributed by atoms with Gasteiger partial charge >= 0.3 is 0 Å². The molecule has 2 aromatic rings. The molecule has 1 aromatic heterocycles. The summed E-state index contributed by atoms with van der Waals surface area (Å²) in [6, 6.07) is 5.53. The van der Waals surface area contributed by atoms with Gasteiger partial charge in [-0.15, -0.1) is 10.2 Å². The van der Waals surface area contributed by atoms with Crippen molar-refractivity contribution in [3.63, 3.8) is 0 Å². The highest BCUT2D eigenvalue weighted by Crippen LogP contribution is 2.28. The lowest BCUT2D eigenvalue weighted by atomic mass is 10.1. The zero-order valence-electron chi connectivity index (χ0n) is 16.3. The van der Waals surface area contributed by atoms with E-state index in [9.17, 15) is 4.79 Å². The van der Waals surface area contributed by atoms with Gasteiger partial charge in [-0.2, -0.15) is 0 Å². The summed E-state index contributed by atoms with van der Waals surface area (Å²) in [4.78, 5) is 14.6. The van der Waals surface area contributed by atoms with E-state index in [4.69, 9.17) is 9.47 Å². The number of carbonyl (C=O) groups excluding carboxylic acids is 1. The van der Waals surface area contributed by atoms with E-state index in [1.807, 2.05) is 25.1 Å². The number of benzene rings is 1. The number of methoxy groups -OCH3 is 1. The second kappa shape index (κ2) is 10.2. The molecule has 1 saturated heterocycles. The topological polar surface area (TPSA) is 76.6 Å². The van der Waals surface area contributed by atoms with Crippen LogP contribution in [0.3, 0.4) is 0 Å². The summed E-state index contributed by atoms with van der Waals surface area (Å²) < 4.78 is 10.8. The number of hydrogen-bond acceptors (Lipinski definition) is 7. The highest BCUT2D eigenvalue weighted by atomic mass is 32.1. The molecular formula is C20H26N4O3S. The van der Waals surface area contributed by atoms with Crippen molar-refractivity contribution < 1.29 is 14.3 Å². The van der Waals surface area contributed by atoms with Gasteiger partial charge in [-0.1, -0.05) is 23.8 Å². The van der Waals surface area contributed by atoms with E-state index in [1.54, 1.807) is 13.2 Å². The first-order valence-corrected chi connectivity index (χ1v) is 10.3. The monoisotopic (exact) mass is 402 g/mol. The number of likely N-dealkylation sites (tertiary alicyclic amines) is 1. The third-order valence-corrected chi connectivity index (χ3v) is 5.24. The molecule has 0 spiro atoms. The largest absolute Gasteiger partial charge is 0.493 e. The molecule has 150 valence electrons. The molecule has 1 fully saturated rings. The summed E-state index contributed by atoms with van der Waals surface area (Å²) in [5, 5.41) is 12.5. The molecule has 1 amide bonds. The molecule has 0 saturated carbocycles. The highest BCUT2D eigenvalue weighted by molar-refractivity contribution is 7.15. The Morgan fingerprint density at radius 3 is 2.82 bits per heavy atom. The minimum absolute atomic E-state index is 0.242. The van der Waals surface area contributed by atoms with E-state index >= 15 is 0 Å². The molecule has 1 N–H and O–H groups in total. The number of ether oxygens (including phenoxy) is 2. The Morgan fingerprint density at radius 1 is 1.25 bits per heavy atom. The maximum absolute atomic E-state index is 12.2. The molecule has 2 heterocycles. The second-order valence-electron chi connectivity index (χ2n) is 6.50. The smallest absolute Gasteiger partial charge is 0.250 e. The van der Waals surface area contributed by atoms with Crippen molar-refractivity contribution in [2.24, 2.45) is 0 Å². The maximum atomic E-state index is 12.2. The fraction of sp³-hybridized carbons (Fsp3) is 0.450. The quantitative estimate of drug-likeness (QED) is 0.680. The number of rotatable bonds is 8. The third kappa shape index (κ3) is 5.77. The van der Waals surface area contributed by atoms with Crippen molar-refractivity contribution in [2.45, 2.75) is 32.7 Å². The number of hydrogen-bond donors (Lipinski definition) is 1. The number of nitrogens with zero attached hydrogens (tertiary/aromatic N) is 3. The Kier molecular flexibility index (Phi) is 7.39. The number of piperidine rings is 1. The van der Waals surface area contributed by atoms with Gasteiger partial charge in [-0.05, 0) is 56.6 Å². The minimum atomic E-state index is -0.242. The van der Waals surface area contributed by atoms with Crippen LogP contribution in [-0.2, 0) is 11.3 Å². The molecular weight excluding hydrogens is 376 g/mol. The van der Waals surface area contributed by atoms with Gasteiger partial charge in [0.15, 0.2) is 11.5 Å². The molecule has 0 unspecified atom stereocenters. The molecule has 0 bridgehead atoms. The molecule has 7 nitrogen and oxygen atoms in total. The minimum Gasteiger partial charge on any atom is -0.493 e. The van der Waals surface area contributed by atoms with Crippen LogP contribution in [-0.4, -0.2) is 47.8 Å². The van der Waals surface area contributed by atoms with Gasteiger partial charge in [-0.25, -0.2) is 0 Å². The lowest BCUT2D eigenvalue weighted by Gasteiger charge is -2.24. The fourth-order valence-corrected chi connectivity index (χ4v) is 3.84. The summed E-state index contributed by atoms with van der Waals surface area (Å²) in [7, 11) is 1.59. The summed E-state index contributed by atoms with van der Waals surface area (Å²) >= 11 is 1.42. The van der Waals surface area contributed by atoms with Crippen LogP contribution in [0.5, 0.6) is 11.5 Å². The maximum Gasteiger partial charge on any atom is 0.250 e. The normalized spacial score (nSPS) is 14.9. The van der Waals surface area contributed by atoms with Crippen LogP contribution in [0.2, 0.25) is 0 Å². The standard InChI is InChI=1S/C20H26N4O3S/c1-3-27-16-9-7-15(13-17(16)26-2)8-10-18(25)21-20-23-22-19(28-20)14-24-11-5-4-6-12-24/h7-10,13H,3-6,11-12,14H2,1-2H3,(H,21,23,25)/b10-8+. The summed E-state index contributed by atoms with van der Waals surface area (Å²) in [6.45, 7) is 5.50. The predicted molar refractivity (Wildman–Crippen MR) is 111 cm³/mol. The van der Waals surface area contributed by atoms with E-state index in [2.05, 4.69) is 20.4 Å². The van der Waals surface area contributed by atoms with E-state index in [1.165, 1.54) is 36.7 Å². The summed E-state index contributed by atoms with van der Waals surface area (Å²) in [5.74, 6) is 1.08. The van der Waals surface area contributed by atoms with Crippen molar-refractivity contribution in [2.75, 3.05) is 32.1 Å². The van der Waals surface area contributed by atoms with Gasteiger partial charge in [0.1, 0.15) is 5.01 Å². The van der Waals surface area contributed by atoms with Crippen LogP contribution >= 0.6 is 11.3 Å². The molecule has 3 rings (SSSR count). The Morgan fingerprint density at radius 2 is 2.07 bits per heavy atom. The number of aromatic nitrogens is 2. The van der Waals surface area contributed by atoms with Crippen LogP contribution in [0.4, 0.5) is 5.13 Å². The van der Waals surface area contributed by atoms with Crippen molar-refractivity contribution >= 4 is 28.5 Å². The van der Waals surface area contributed by atoms with E-state index in [-0.39, 0.29) is 5.91 Å². The zero-order valence-corrected chi connectivity index (χ0v) is 17.1. The predicted octanol–water partition coefficient (Wildman–Crippen LogP) is 3.58. The van der Waals surface area contributed by atoms with Gasteiger partial charge in [0.25, 0.3) is 0 Å². The molecule has 0 atom stereocenters. The molecule has 0 aliphatic carbocycles. The van der Waals surface area contributed by atoms with Gasteiger partial charge in [0, 0.05) is 6.08 Å². The van der Waals surface area contributed by atoms with E-state index in [0.717, 1.165) is 30.2 Å². The average molecular weight is 403 g/mol. The molecule has 1 aromatic carbocycles. The first kappa shape index (κ1) is 20.3. The Hall–Kier alpha value is -2.45. The average Bonchev–Trinajstić information content (AvgIpc) is 3.14. The second-order valence-corrected chi connectivity index (χ2v) is 7.57. The lowest BCUT2D eigenvalue weighted by molar-refractivity contribution is -0.111. The molecule has 0 radical (unpaired) electrons. The van der Waals surface area contributed by atoms with Gasteiger partial charge in [0.05, 0.1) is 20.3 Å². The Bertz CT molecular complexity index is 816. The first-order valence-electron chi connectivity index (χ1n) is 9.52. The number of amides is 1. The number of nitrogens with one attached hydrogen (secondary N) is 1. The van der Waals surface area contributed by atoms with Crippen molar-refractivity contribution in [1.82, 2.24) is 15.1 Å². The summed E-state index contributed by atoms with van der Waals surface area (Å²) in [5.41, 5.74) is 0.846. The van der Waals surface area contributed by atoms with Crippen LogP contribution in [0.1, 0.15) is 36.8 Å². The van der Waals surface area contributed by atoms with E-state index < -0.39 is 0 Å². The van der Waals surface area contributed by atoms with Crippen LogP contribution in [0, 0.1) is 0 Å². The van der Waals surface area contributed by atoms with Crippen molar-refractivity contribution in [1.29, 1.82) is 0 Å². The van der Waals surface area contributed by atoms with Crippen molar-refractivity contribution in [3.05, 3.63) is 34.8 Å². The lowest BCUT2D eigenvalue weighted by Crippen LogP contribution is -2.28. The van der Waals surface area contributed by atoms with Crippen LogP contribution < -0.4 is 14.8 Å². The molecule has 1 aliphatic heterocycles. The third-order valence-electron chi connectivity index (χ3n) is 4.42. The van der Waals surface area contributed by atoms with Crippen molar-refractivity contribution in [3.8, 4) is 11.5 Å². The van der Waals surface area contributed by atoms with Gasteiger partial charge in [0.2, 0.25) is 11.0 Å². The molecule has 1 aliphatic rings. The van der Waals surface area contributed by atoms with Gasteiger partial charge in [-0.3, -0.25) is 15.0 Å². The molecule has 28 heavy (non-hydrogen) atoms. The van der Waals surface area contributed by atoms with E-state index in [0.29, 0.717) is 23.2 Å². The molecule has 8 heteroatoms. The Balaban J connectivity index is 1.55. The van der Waals surface area contributed by atoms with Gasteiger partial charge < -0.3 is 9.47 Å². The van der Waals surface area contributed by atoms with Crippen LogP contribution in [0.25, 0.3) is 6.08 Å². The summed E-state index contributed by atoms with van der Waals surface area (Å²) in [6.07, 6.45) is 6.98. The first-order chi connectivity index (χ1) is 13.7. The highest BCUT2D eigenvalue weighted by Gasteiger charge is 2.14. The Labute approximate surface area is 169 Å². The van der Waals surface area contributed by atoms with Crippen LogP contribution in [0.15, 0.2) is 24.3 Å². The zero-order chi connectivity index (χ0) is 19.8.